The highest BCUT2D eigenvalue weighted by Crippen LogP contribution is 2.25. The zero-order valence-corrected chi connectivity index (χ0v) is 13.7. The summed E-state index contributed by atoms with van der Waals surface area (Å²) < 4.78 is 28.3. The standard InChI is InChI=1S/C15H21BrF2N2/c1-9(2)14-6-19-10(3)7-20(14)8-11-13(17)5-4-12(16)15(11)18/h4-5,9-10,14,19H,6-8H2,1-3H3. The van der Waals surface area contributed by atoms with Gasteiger partial charge in [0.25, 0.3) is 0 Å². The van der Waals surface area contributed by atoms with E-state index < -0.39 is 11.6 Å². The van der Waals surface area contributed by atoms with Crippen LogP contribution >= 0.6 is 15.9 Å². The van der Waals surface area contributed by atoms with Crippen molar-refractivity contribution in [1.29, 1.82) is 0 Å². The molecule has 0 bridgehead atoms. The molecule has 0 aliphatic carbocycles. The number of hydrogen-bond donors (Lipinski definition) is 1. The van der Waals surface area contributed by atoms with E-state index in [1.807, 2.05) is 0 Å². The van der Waals surface area contributed by atoms with Gasteiger partial charge in [-0.3, -0.25) is 4.90 Å². The van der Waals surface area contributed by atoms with Gasteiger partial charge < -0.3 is 5.32 Å². The van der Waals surface area contributed by atoms with Crippen molar-refractivity contribution in [3.05, 3.63) is 33.8 Å². The maximum atomic E-state index is 14.1. The Kier molecular flexibility index (Phi) is 5.15. The maximum Gasteiger partial charge on any atom is 0.144 e. The lowest BCUT2D eigenvalue weighted by Gasteiger charge is -2.41. The zero-order valence-electron chi connectivity index (χ0n) is 12.1. The summed E-state index contributed by atoms with van der Waals surface area (Å²) in [5.41, 5.74) is 0.152. The van der Waals surface area contributed by atoms with E-state index in [2.05, 4.69) is 46.9 Å². The average Bonchev–Trinajstić information content (AvgIpc) is 2.39. The third-order valence-electron chi connectivity index (χ3n) is 3.92. The molecule has 0 spiro atoms. The molecule has 1 aliphatic heterocycles. The number of piperazine rings is 1. The predicted octanol–water partition coefficient (Wildman–Crippen LogP) is 3.55. The van der Waals surface area contributed by atoms with Crippen molar-refractivity contribution < 1.29 is 8.78 Å². The summed E-state index contributed by atoms with van der Waals surface area (Å²) in [6, 6.07) is 3.36. The summed E-state index contributed by atoms with van der Waals surface area (Å²) >= 11 is 3.13. The molecule has 1 aliphatic rings. The Labute approximate surface area is 127 Å². The van der Waals surface area contributed by atoms with Crippen LogP contribution in [-0.4, -0.2) is 30.1 Å². The topological polar surface area (TPSA) is 15.3 Å². The summed E-state index contributed by atoms with van der Waals surface area (Å²) in [7, 11) is 0. The number of nitrogens with zero attached hydrogens (tertiary/aromatic N) is 1. The predicted molar refractivity (Wildman–Crippen MR) is 80.6 cm³/mol. The van der Waals surface area contributed by atoms with Gasteiger partial charge in [-0.05, 0) is 40.9 Å². The molecule has 0 radical (unpaired) electrons. The Morgan fingerprint density at radius 2 is 2.10 bits per heavy atom. The zero-order chi connectivity index (χ0) is 14.9. The normalized spacial score (nSPS) is 24.4. The lowest BCUT2D eigenvalue weighted by atomic mass is 9.98. The van der Waals surface area contributed by atoms with Crippen molar-refractivity contribution in [2.75, 3.05) is 13.1 Å². The highest BCUT2D eigenvalue weighted by molar-refractivity contribution is 9.10. The highest BCUT2D eigenvalue weighted by atomic mass is 79.9. The summed E-state index contributed by atoms with van der Waals surface area (Å²) in [6.45, 7) is 8.35. The largest absolute Gasteiger partial charge is 0.311 e. The van der Waals surface area contributed by atoms with Crippen molar-refractivity contribution >= 4 is 15.9 Å². The Morgan fingerprint density at radius 3 is 2.75 bits per heavy atom. The minimum atomic E-state index is -0.487. The van der Waals surface area contributed by atoms with E-state index in [4.69, 9.17) is 0 Å². The molecule has 1 heterocycles. The van der Waals surface area contributed by atoms with Crippen LogP contribution in [0.1, 0.15) is 26.3 Å². The summed E-state index contributed by atoms with van der Waals surface area (Å²) in [6.07, 6.45) is 0. The van der Waals surface area contributed by atoms with Gasteiger partial charge in [-0.25, -0.2) is 8.78 Å². The second-order valence-corrected chi connectivity index (χ2v) is 6.73. The molecule has 2 atom stereocenters. The van der Waals surface area contributed by atoms with Gasteiger partial charge in [0, 0.05) is 37.3 Å². The van der Waals surface area contributed by atoms with E-state index in [0.29, 0.717) is 29.0 Å². The van der Waals surface area contributed by atoms with Crippen molar-refractivity contribution in [3.8, 4) is 0 Å². The van der Waals surface area contributed by atoms with Crippen LogP contribution in [0.5, 0.6) is 0 Å². The molecule has 5 heteroatoms. The van der Waals surface area contributed by atoms with Crippen LogP contribution in [0.25, 0.3) is 0 Å². The molecule has 1 aromatic carbocycles. The van der Waals surface area contributed by atoms with Crippen LogP contribution in [0.15, 0.2) is 16.6 Å². The van der Waals surface area contributed by atoms with Crippen LogP contribution in [-0.2, 0) is 6.54 Å². The quantitative estimate of drug-likeness (QED) is 0.842. The minimum absolute atomic E-state index is 0.152. The molecule has 1 saturated heterocycles. The fraction of sp³-hybridized carbons (Fsp3) is 0.600. The first kappa shape index (κ1) is 15.9. The van der Waals surface area contributed by atoms with Gasteiger partial charge in [0.05, 0.1) is 4.47 Å². The number of rotatable bonds is 3. The van der Waals surface area contributed by atoms with Crippen LogP contribution in [0.2, 0.25) is 0 Å². The Morgan fingerprint density at radius 1 is 1.40 bits per heavy atom. The SMILES string of the molecule is CC1CN(Cc2c(F)ccc(Br)c2F)C(C(C)C)CN1. The average molecular weight is 347 g/mol. The first-order chi connectivity index (χ1) is 9.40. The van der Waals surface area contributed by atoms with Gasteiger partial charge in [0.15, 0.2) is 0 Å². The molecule has 112 valence electrons. The lowest BCUT2D eigenvalue weighted by molar-refractivity contribution is 0.0931. The van der Waals surface area contributed by atoms with E-state index in [9.17, 15) is 8.78 Å². The van der Waals surface area contributed by atoms with Crippen LogP contribution in [0.4, 0.5) is 8.78 Å². The molecule has 1 N–H and O–H groups in total. The number of nitrogens with one attached hydrogen (secondary N) is 1. The van der Waals surface area contributed by atoms with Crippen molar-refractivity contribution in [1.82, 2.24) is 10.2 Å². The molecule has 0 saturated carbocycles. The van der Waals surface area contributed by atoms with Crippen LogP contribution in [0.3, 0.4) is 0 Å². The molecule has 1 aromatic rings. The second-order valence-electron chi connectivity index (χ2n) is 5.87. The van der Waals surface area contributed by atoms with Gasteiger partial charge >= 0.3 is 0 Å². The molecule has 20 heavy (non-hydrogen) atoms. The Bertz CT molecular complexity index is 479. The van der Waals surface area contributed by atoms with E-state index in [1.54, 1.807) is 0 Å². The van der Waals surface area contributed by atoms with Crippen LogP contribution in [0, 0.1) is 17.6 Å². The Hall–Kier alpha value is -0.520. The van der Waals surface area contributed by atoms with Crippen LogP contribution < -0.4 is 5.32 Å². The monoisotopic (exact) mass is 346 g/mol. The first-order valence-electron chi connectivity index (χ1n) is 7.00. The molecular formula is C15H21BrF2N2. The van der Waals surface area contributed by atoms with Gasteiger partial charge in [0.2, 0.25) is 0 Å². The number of benzene rings is 1. The summed E-state index contributed by atoms with van der Waals surface area (Å²) in [4.78, 5) is 2.18. The molecule has 2 unspecified atom stereocenters. The second kappa shape index (κ2) is 6.50. The number of hydrogen-bond acceptors (Lipinski definition) is 2. The lowest BCUT2D eigenvalue weighted by Crippen LogP contribution is -2.56. The van der Waals surface area contributed by atoms with E-state index in [-0.39, 0.29) is 5.56 Å². The van der Waals surface area contributed by atoms with E-state index in [1.165, 1.54) is 12.1 Å². The molecule has 2 rings (SSSR count). The number of halogens is 3. The summed E-state index contributed by atoms with van der Waals surface area (Å²) in [5, 5.41) is 3.43. The first-order valence-corrected chi connectivity index (χ1v) is 7.79. The van der Waals surface area contributed by atoms with Crippen molar-refractivity contribution in [2.24, 2.45) is 5.92 Å². The van der Waals surface area contributed by atoms with Gasteiger partial charge in [0.1, 0.15) is 11.6 Å². The smallest absolute Gasteiger partial charge is 0.144 e. The third kappa shape index (κ3) is 3.38. The Balaban J connectivity index is 2.24. The fourth-order valence-corrected chi connectivity index (χ4v) is 3.13. The van der Waals surface area contributed by atoms with E-state index in [0.717, 1.165) is 13.1 Å². The fourth-order valence-electron chi connectivity index (χ4n) is 2.76. The van der Waals surface area contributed by atoms with Gasteiger partial charge in [-0.2, -0.15) is 0 Å². The van der Waals surface area contributed by atoms with Crippen molar-refractivity contribution in [3.63, 3.8) is 0 Å². The molecule has 0 aromatic heterocycles. The molecule has 0 amide bonds. The minimum Gasteiger partial charge on any atom is -0.311 e. The van der Waals surface area contributed by atoms with Gasteiger partial charge in [-0.15, -0.1) is 0 Å². The molecular weight excluding hydrogens is 326 g/mol. The summed E-state index contributed by atoms with van der Waals surface area (Å²) in [5.74, 6) is -0.522. The highest BCUT2D eigenvalue weighted by Gasteiger charge is 2.29. The van der Waals surface area contributed by atoms with Crippen molar-refractivity contribution in [2.45, 2.75) is 39.4 Å². The third-order valence-corrected chi connectivity index (χ3v) is 4.53. The molecule has 2 nitrogen and oxygen atoms in total. The maximum absolute atomic E-state index is 14.1. The van der Waals surface area contributed by atoms with Gasteiger partial charge in [-0.1, -0.05) is 13.8 Å². The molecule has 1 fully saturated rings. The van der Waals surface area contributed by atoms with E-state index >= 15 is 0 Å².